The first-order valence-electron chi connectivity index (χ1n) is 4.16. The van der Waals surface area contributed by atoms with Gasteiger partial charge in [0.15, 0.2) is 11.6 Å². The number of fused-ring (bicyclic) bond motifs is 1. The van der Waals surface area contributed by atoms with Crippen LogP contribution in [0.1, 0.15) is 26.3 Å². The van der Waals surface area contributed by atoms with Crippen molar-refractivity contribution in [2.24, 2.45) is 0 Å². The van der Waals surface area contributed by atoms with Gasteiger partial charge in [-0.25, -0.2) is 0 Å². The van der Waals surface area contributed by atoms with Gasteiger partial charge < -0.3 is 0 Å². The van der Waals surface area contributed by atoms with E-state index in [-0.39, 0.29) is 11.6 Å². The van der Waals surface area contributed by atoms with E-state index in [0.717, 1.165) is 5.56 Å². The molecular weight excluding hydrogens is 200 g/mol. The van der Waals surface area contributed by atoms with Gasteiger partial charge >= 0.3 is 0 Å². The number of hydrogen-bond donors (Lipinski definition) is 0. The van der Waals surface area contributed by atoms with E-state index in [1.54, 1.807) is 19.1 Å². The van der Waals surface area contributed by atoms with Gasteiger partial charge in [-0.15, -0.1) is 0 Å². The molecule has 0 bridgehead atoms. The number of carbonyl (C=O) groups excluding carboxylic acids is 2. The molecule has 1 aliphatic rings. The van der Waals surface area contributed by atoms with Crippen molar-refractivity contribution in [1.29, 1.82) is 0 Å². The van der Waals surface area contributed by atoms with Crippen molar-refractivity contribution < 1.29 is 9.59 Å². The van der Waals surface area contributed by atoms with Crippen LogP contribution in [0.15, 0.2) is 24.3 Å². The molecule has 0 atom stereocenters. The molecule has 70 valence electrons. The standard InChI is InChI=1S/C11H7ClO2/c1-6-4-7-8(5-9(6)12)11(14)3-2-10(7)13/h2-5H,1H3. The molecule has 1 aromatic carbocycles. The Bertz CT molecular complexity index is 429. The van der Waals surface area contributed by atoms with Gasteiger partial charge in [-0.05, 0) is 36.8 Å². The highest BCUT2D eigenvalue weighted by Gasteiger charge is 2.19. The monoisotopic (exact) mass is 206 g/mol. The molecule has 1 aromatic rings. The number of rotatable bonds is 0. The quantitative estimate of drug-likeness (QED) is 0.654. The molecule has 2 rings (SSSR count). The van der Waals surface area contributed by atoms with Crippen LogP contribution in [-0.4, -0.2) is 11.6 Å². The van der Waals surface area contributed by atoms with Crippen LogP contribution in [0.3, 0.4) is 0 Å². The maximum atomic E-state index is 11.4. The van der Waals surface area contributed by atoms with Crippen LogP contribution in [0.5, 0.6) is 0 Å². The van der Waals surface area contributed by atoms with E-state index in [1.807, 2.05) is 0 Å². The SMILES string of the molecule is Cc1cc2c(cc1Cl)C(=O)C=CC2=O. The molecule has 0 fully saturated rings. The minimum absolute atomic E-state index is 0.139. The van der Waals surface area contributed by atoms with Crippen molar-refractivity contribution in [2.45, 2.75) is 6.92 Å². The van der Waals surface area contributed by atoms with Crippen LogP contribution >= 0.6 is 11.6 Å². The lowest BCUT2D eigenvalue weighted by Crippen LogP contribution is -2.11. The number of benzene rings is 1. The average molecular weight is 207 g/mol. The highest BCUT2D eigenvalue weighted by molar-refractivity contribution is 6.32. The Labute approximate surface area is 86.2 Å². The normalized spacial score (nSPS) is 14.4. The Morgan fingerprint density at radius 3 is 2.07 bits per heavy atom. The van der Waals surface area contributed by atoms with Crippen LogP contribution in [0.2, 0.25) is 5.02 Å². The number of aryl methyl sites for hydroxylation is 1. The summed E-state index contributed by atoms with van der Waals surface area (Å²) in [6.45, 7) is 1.80. The Morgan fingerprint density at radius 2 is 1.50 bits per heavy atom. The highest BCUT2D eigenvalue weighted by Crippen LogP contribution is 2.24. The van der Waals surface area contributed by atoms with Crippen molar-refractivity contribution in [2.75, 3.05) is 0 Å². The molecule has 1 aliphatic carbocycles. The van der Waals surface area contributed by atoms with E-state index >= 15 is 0 Å². The lowest BCUT2D eigenvalue weighted by atomic mass is 9.93. The number of halogens is 1. The van der Waals surface area contributed by atoms with Gasteiger partial charge in [0.2, 0.25) is 0 Å². The molecule has 0 amide bonds. The summed E-state index contributed by atoms with van der Waals surface area (Å²) in [7, 11) is 0. The molecule has 0 aromatic heterocycles. The maximum absolute atomic E-state index is 11.4. The molecule has 0 saturated carbocycles. The molecule has 0 spiro atoms. The van der Waals surface area contributed by atoms with Gasteiger partial charge in [-0.2, -0.15) is 0 Å². The second-order valence-corrected chi connectivity index (χ2v) is 3.62. The summed E-state index contributed by atoms with van der Waals surface area (Å²) in [4.78, 5) is 22.8. The summed E-state index contributed by atoms with van der Waals surface area (Å²) in [5.74, 6) is -0.305. The van der Waals surface area contributed by atoms with E-state index in [2.05, 4.69) is 0 Å². The van der Waals surface area contributed by atoms with Gasteiger partial charge in [0.05, 0.1) is 0 Å². The van der Waals surface area contributed by atoms with Crippen LogP contribution in [-0.2, 0) is 0 Å². The van der Waals surface area contributed by atoms with Gasteiger partial charge in [0, 0.05) is 16.1 Å². The molecule has 2 nitrogen and oxygen atoms in total. The molecule has 0 radical (unpaired) electrons. The Morgan fingerprint density at radius 1 is 1.00 bits per heavy atom. The minimum atomic E-state index is -0.165. The van der Waals surface area contributed by atoms with E-state index in [4.69, 9.17) is 11.6 Å². The lowest BCUT2D eigenvalue weighted by molar-refractivity contribution is 0.0994. The number of ketones is 2. The molecule has 0 aliphatic heterocycles. The van der Waals surface area contributed by atoms with Crippen LogP contribution in [0.25, 0.3) is 0 Å². The zero-order chi connectivity index (χ0) is 10.3. The molecule has 0 unspecified atom stereocenters. The second-order valence-electron chi connectivity index (χ2n) is 3.21. The Hall–Kier alpha value is -1.41. The molecular formula is C11H7ClO2. The summed E-state index contributed by atoms with van der Waals surface area (Å²) >= 11 is 5.87. The summed E-state index contributed by atoms with van der Waals surface area (Å²) in [5, 5.41) is 0.514. The molecule has 14 heavy (non-hydrogen) atoms. The van der Waals surface area contributed by atoms with Crippen molar-refractivity contribution in [3.8, 4) is 0 Å². The zero-order valence-electron chi connectivity index (χ0n) is 7.50. The zero-order valence-corrected chi connectivity index (χ0v) is 8.26. The minimum Gasteiger partial charge on any atom is -0.289 e. The first-order valence-corrected chi connectivity index (χ1v) is 4.54. The topological polar surface area (TPSA) is 34.1 Å². The molecule has 3 heteroatoms. The number of allylic oxidation sites excluding steroid dienone is 2. The van der Waals surface area contributed by atoms with E-state index in [9.17, 15) is 9.59 Å². The molecule has 0 heterocycles. The summed E-state index contributed by atoms with van der Waals surface area (Å²) in [6, 6.07) is 3.21. The van der Waals surface area contributed by atoms with Crippen molar-refractivity contribution in [3.63, 3.8) is 0 Å². The van der Waals surface area contributed by atoms with Gasteiger partial charge in [0.25, 0.3) is 0 Å². The Kier molecular flexibility index (Phi) is 2.01. The third kappa shape index (κ3) is 1.28. The lowest BCUT2D eigenvalue weighted by Gasteiger charge is -2.10. The fraction of sp³-hybridized carbons (Fsp3) is 0.0909. The molecule has 0 N–H and O–H groups in total. The van der Waals surface area contributed by atoms with Gasteiger partial charge in [-0.1, -0.05) is 11.6 Å². The van der Waals surface area contributed by atoms with Crippen LogP contribution in [0.4, 0.5) is 0 Å². The highest BCUT2D eigenvalue weighted by atomic mass is 35.5. The summed E-state index contributed by atoms with van der Waals surface area (Å²) in [5.41, 5.74) is 1.65. The van der Waals surface area contributed by atoms with Crippen molar-refractivity contribution >= 4 is 23.2 Å². The Balaban J connectivity index is 2.73. The second kappa shape index (κ2) is 3.07. The van der Waals surface area contributed by atoms with E-state index < -0.39 is 0 Å². The van der Waals surface area contributed by atoms with Gasteiger partial charge in [0.1, 0.15) is 0 Å². The fourth-order valence-corrected chi connectivity index (χ4v) is 1.58. The summed E-state index contributed by atoms with van der Waals surface area (Å²) < 4.78 is 0. The first-order chi connectivity index (χ1) is 6.59. The van der Waals surface area contributed by atoms with E-state index in [0.29, 0.717) is 16.1 Å². The maximum Gasteiger partial charge on any atom is 0.186 e. The fourth-order valence-electron chi connectivity index (χ4n) is 1.42. The van der Waals surface area contributed by atoms with Crippen LogP contribution < -0.4 is 0 Å². The van der Waals surface area contributed by atoms with Crippen molar-refractivity contribution in [1.82, 2.24) is 0 Å². The average Bonchev–Trinajstić information content (AvgIpc) is 2.15. The first kappa shape index (κ1) is 9.16. The largest absolute Gasteiger partial charge is 0.289 e. The smallest absolute Gasteiger partial charge is 0.186 e. The van der Waals surface area contributed by atoms with Gasteiger partial charge in [-0.3, -0.25) is 9.59 Å². The van der Waals surface area contributed by atoms with E-state index in [1.165, 1.54) is 12.2 Å². The van der Waals surface area contributed by atoms with Crippen molar-refractivity contribution in [3.05, 3.63) is 46.0 Å². The number of hydrogen-bond acceptors (Lipinski definition) is 2. The third-order valence-corrected chi connectivity index (χ3v) is 2.62. The molecule has 0 saturated heterocycles. The summed E-state index contributed by atoms with van der Waals surface area (Å²) in [6.07, 6.45) is 2.56. The number of carbonyl (C=O) groups is 2. The third-order valence-electron chi connectivity index (χ3n) is 2.22. The predicted molar refractivity (Wildman–Crippen MR) is 54.0 cm³/mol. The predicted octanol–water partition coefficient (Wildman–Crippen LogP) is 2.58. The van der Waals surface area contributed by atoms with Crippen LogP contribution in [0, 0.1) is 6.92 Å².